The number of hydrogen-bond acceptors (Lipinski definition) is 3. The molecule has 2 rings (SSSR count). The van der Waals surface area contributed by atoms with Crippen LogP contribution in [-0.2, 0) is 0 Å². The molecular weight excluding hydrogens is 178 g/mol. The second kappa shape index (κ2) is 2.60. The van der Waals surface area contributed by atoms with Gasteiger partial charge in [0.1, 0.15) is 5.52 Å². The summed E-state index contributed by atoms with van der Waals surface area (Å²) in [7, 11) is 0. The van der Waals surface area contributed by atoms with E-state index in [0.717, 1.165) is 0 Å². The lowest BCUT2D eigenvalue weighted by Gasteiger charge is -1.80. The lowest BCUT2D eigenvalue weighted by molar-refractivity contribution is 0.105. The fourth-order valence-electron chi connectivity index (χ4n) is 0.956. The molecule has 0 N–H and O–H groups in total. The van der Waals surface area contributed by atoms with Crippen LogP contribution in [0.4, 0.5) is 0 Å². The van der Waals surface area contributed by atoms with E-state index in [0.29, 0.717) is 11.1 Å². The first-order valence-corrected chi connectivity index (χ1v) is 3.70. The van der Waals surface area contributed by atoms with Crippen molar-refractivity contribution in [3.63, 3.8) is 0 Å². The number of benzene rings is 1. The van der Waals surface area contributed by atoms with E-state index in [1.165, 1.54) is 0 Å². The Hall–Kier alpha value is -1.35. The van der Waals surface area contributed by atoms with Crippen LogP contribution in [0.1, 0.15) is 10.7 Å². The van der Waals surface area contributed by atoms with Gasteiger partial charge in [-0.05, 0) is 23.7 Å². The van der Waals surface area contributed by atoms with E-state index in [1.807, 2.05) is 6.07 Å². The van der Waals surface area contributed by atoms with Crippen LogP contribution in [0.25, 0.3) is 11.1 Å². The predicted molar refractivity (Wildman–Crippen MR) is 44.2 cm³/mol. The van der Waals surface area contributed by atoms with Gasteiger partial charge in [-0.2, -0.15) is 0 Å². The zero-order valence-corrected chi connectivity index (χ0v) is 6.71. The number of aromatic nitrogens is 1. The van der Waals surface area contributed by atoms with Crippen LogP contribution < -0.4 is 0 Å². The van der Waals surface area contributed by atoms with Crippen LogP contribution in [0.15, 0.2) is 28.7 Å². The Morgan fingerprint density at radius 2 is 2.17 bits per heavy atom. The monoisotopic (exact) mass is 181 g/mol. The molecule has 0 radical (unpaired) electrons. The summed E-state index contributed by atoms with van der Waals surface area (Å²) in [6.07, 6.45) is 0. The molecule has 0 saturated carbocycles. The van der Waals surface area contributed by atoms with Crippen molar-refractivity contribution in [1.82, 2.24) is 4.98 Å². The number of rotatable bonds is 1. The van der Waals surface area contributed by atoms with Crippen LogP contribution >= 0.6 is 11.6 Å². The molecular formula is C8H4ClNO2. The topological polar surface area (TPSA) is 43.1 Å². The second-order valence-electron chi connectivity index (χ2n) is 2.26. The van der Waals surface area contributed by atoms with Gasteiger partial charge in [-0.15, -0.1) is 0 Å². The minimum atomic E-state index is -0.675. The molecule has 2 aromatic rings. The third kappa shape index (κ3) is 1.08. The van der Waals surface area contributed by atoms with Gasteiger partial charge >= 0.3 is 5.24 Å². The lowest BCUT2D eigenvalue weighted by atomic mass is 10.3. The summed E-state index contributed by atoms with van der Waals surface area (Å²) < 4.78 is 5.04. The highest BCUT2D eigenvalue weighted by Gasteiger charge is 2.10. The second-order valence-corrected chi connectivity index (χ2v) is 2.60. The van der Waals surface area contributed by atoms with Crippen molar-refractivity contribution in [3.8, 4) is 0 Å². The van der Waals surface area contributed by atoms with Gasteiger partial charge in [0.2, 0.25) is 0 Å². The minimum Gasteiger partial charge on any atom is -0.433 e. The molecule has 0 unspecified atom stereocenters. The van der Waals surface area contributed by atoms with E-state index in [9.17, 15) is 4.79 Å². The maximum Gasteiger partial charge on any atom is 0.307 e. The summed E-state index contributed by atoms with van der Waals surface area (Å²) in [5, 5.41) is -0.675. The number of nitrogens with zero attached hydrogens (tertiary/aromatic N) is 1. The fraction of sp³-hybridized carbons (Fsp3) is 0. The summed E-state index contributed by atoms with van der Waals surface area (Å²) in [6.45, 7) is 0. The largest absolute Gasteiger partial charge is 0.433 e. The van der Waals surface area contributed by atoms with Crippen molar-refractivity contribution in [1.29, 1.82) is 0 Å². The van der Waals surface area contributed by atoms with Crippen molar-refractivity contribution in [2.24, 2.45) is 0 Å². The molecule has 1 aromatic carbocycles. The standard InChI is InChI=1S/C8H4ClNO2/c9-7(11)8-10-5-3-1-2-4-6(5)12-8/h1-4H. The molecule has 0 fully saturated rings. The van der Waals surface area contributed by atoms with E-state index in [4.69, 9.17) is 16.0 Å². The van der Waals surface area contributed by atoms with E-state index >= 15 is 0 Å². The maximum absolute atomic E-state index is 10.6. The fourth-order valence-corrected chi connectivity index (χ4v) is 1.04. The van der Waals surface area contributed by atoms with E-state index in [-0.39, 0.29) is 5.89 Å². The molecule has 0 aliphatic heterocycles. The van der Waals surface area contributed by atoms with Gasteiger partial charge in [0.15, 0.2) is 5.58 Å². The molecule has 1 heterocycles. The number of oxazole rings is 1. The van der Waals surface area contributed by atoms with Gasteiger partial charge in [0.25, 0.3) is 5.89 Å². The molecule has 0 spiro atoms. The van der Waals surface area contributed by atoms with Crippen LogP contribution in [0.2, 0.25) is 0 Å². The number of halogens is 1. The van der Waals surface area contributed by atoms with Crippen molar-refractivity contribution in [3.05, 3.63) is 30.2 Å². The lowest BCUT2D eigenvalue weighted by Crippen LogP contribution is -1.85. The Balaban J connectivity index is 2.70. The molecule has 0 aliphatic rings. The van der Waals surface area contributed by atoms with Crippen LogP contribution in [0.3, 0.4) is 0 Å². The minimum absolute atomic E-state index is 0.0575. The smallest absolute Gasteiger partial charge is 0.307 e. The summed E-state index contributed by atoms with van der Waals surface area (Å²) in [4.78, 5) is 14.5. The van der Waals surface area contributed by atoms with E-state index in [2.05, 4.69) is 4.98 Å². The zero-order chi connectivity index (χ0) is 8.55. The summed E-state index contributed by atoms with van der Waals surface area (Å²) in [5.41, 5.74) is 1.21. The van der Waals surface area contributed by atoms with Crippen LogP contribution in [-0.4, -0.2) is 10.2 Å². The number of carbonyl (C=O) groups is 1. The summed E-state index contributed by atoms with van der Waals surface area (Å²) in [6, 6.07) is 7.09. The summed E-state index contributed by atoms with van der Waals surface area (Å²) >= 11 is 5.18. The van der Waals surface area contributed by atoms with Crippen LogP contribution in [0, 0.1) is 0 Å². The molecule has 0 amide bonds. The molecule has 0 atom stereocenters. The molecule has 60 valence electrons. The molecule has 1 aromatic heterocycles. The van der Waals surface area contributed by atoms with Crippen molar-refractivity contribution in [2.45, 2.75) is 0 Å². The van der Waals surface area contributed by atoms with Crippen molar-refractivity contribution in [2.75, 3.05) is 0 Å². The van der Waals surface area contributed by atoms with Gasteiger partial charge in [-0.3, -0.25) is 4.79 Å². The number of fused-ring (bicyclic) bond motifs is 1. The van der Waals surface area contributed by atoms with Gasteiger partial charge in [0.05, 0.1) is 0 Å². The Kier molecular flexibility index (Phi) is 1.59. The van der Waals surface area contributed by atoms with Gasteiger partial charge in [-0.1, -0.05) is 12.1 Å². The number of hydrogen-bond donors (Lipinski definition) is 0. The Morgan fingerprint density at radius 1 is 1.42 bits per heavy atom. The maximum atomic E-state index is 10.6. The Labute approximate surface area is 73.0 Å². The average molecular weight is 182 g/mol. The van der Waals surface area contributed by atoms with Crippen molar-refractivity contribution >= 4 is 27.9 Å². The summed E-state index contributed by atoms with van der Waals surface area (Å²) in [5.74, 6) is -0.0575. The molecule has 3 nitrogen and oxygen atoms in total. The molecule has 0 saturated heterocycles. The normalized spacial score (nSPS) is 10.4. The van der Waals surface area contributed by atoms with Gasteiger partial charge < -0.3 is 4.42 Å². The molecule has 0 bridgehead atoms. The Morgan fingerprint density at radius 3 is 2.83 bits per heavy atom. The van der Waals surface area contributed by atoms with Crippen LogP contribution in [0.5, 0.6) is 0 Å². The predicted octanol–water partition coefficient (Wildman–Crippen LogP) is 2.21. The van der Waals surface area contributed by atoms with Gasteiger partial charge in [-0.25, -0.2) is 4.98 Å². The Bertz CT molecular complexity index is 402. The highest BCUT2D eigenvalue weighted by molar-refractivity contribution is 6.67. The highest BCUT2D eigenvalue weighted by Crippen LogP contribution is 2.15. The van der Waals surface area contributed by atoms with Gasteiger partial charge in [0, 0.05) is 0 Å². The zero-order valence-electron chi connectivity index (χ0n) is 5.95. The molecule has 12 heavy (non-hydrogen) atoms. The molecule has 0 aliphatic carbocycles. The first kappa shape index (κ1) is 7.31. The molecule has 4 heteroatoms. The first-order chi connectivity index (χ1) is 5.77. The third-order valence-corrected chi connectivity index (χ3v) is 1.62. The average Bonchev–Trinajstić information content (AvgIpc) is 2.46. The number of carbonyl (C=O) groups excluding carboxylic acids is 1. The van der Waals surface area contributed by atoms with E-state index in [1.54, 1.807) is 18.2 Å². The van der Waals surface area contributed by atoms with E-state index < -0.39 is 5.24 Å². The number of para-hydroxylation sites is 2. The quantitative estimate of drug-likeness (QED) is 0.634. The SMILES string of the molecule is O=C(Cl)c1nc2ccccc2o1. The van der Waals surface area contributed by atoms with Crippen molar-refractivity contribution < 1.29 is 9.21 Å². The highest BCUT2D eigenvalue weighted by atomic mass is 35.5. The first-order valence-electron chi connectivity index (χ1n) is 3.33. The third-order valence-electron chi connectivity index (χ3n) is 1.46.